The maximum atomic E-state index is 5.83. The third-order valence-electron chi connectivity index (χ3n) is 2.61. The number of nitrogens with zero attached hydrogens (tertiary/aromatic N) is 2. The first-order valence-corrected chi connectivity index (χ1v) is 6.88. The third kappa shape index (κ3) is 2.17. The number of anilines is 2. The van der Waals surface area contributed by atoms with Crippen LogP contribution in [0, 0.1) is 0 Å². The van der Waals surface area contributed by atoms with E-state index in [0.717, 1.165) is 27.3 Å². The summed E-state index contributed by atoms with van der Waals surface area (Å²) in [5, 5.41) is 6.36. The fourth-order valence-corrected chi connectivity index (χ4v) is 2.66. The lowest BCUT2D eigenvalue weighted by molar-refractivity contribution is 1.23. The molecule has 3 aromatic rings. The van der Waals surface area contributed by atoms with E-state index in [1.807, 2.05) is 35.7 Å². The van der Waals surface area contributed by atoms with Crippen molar-refractivity contribution < 1.29 is 0 Å². The summed E-state index contributed by atoms with van der Waals surface area (Å²) in [6.07, 6.45) is 1.58. The fraction of sp³-hybridized carbons (Fsp3) is 0.0769. The molecule has 0 unspecified atom stereocenters. The quantitative estimate of drug-likeness (QED) is 0.729. The van der Waals surface area contributed by atoms with Gasteiger partial charge in [0.05, 0.1) is 5.39 Å². The number of nitrogens with one attached hydrogen (secondary N) is 1. The highest BCUT2D eigenvalue weighted by atomic mass is 35.5. The average Bonchev–Trinajstić information content (AvgIpc) is 2.88. The Bertz CT molecular complexity index is 681. The van der Waals surface area contributed by atoms with Crippen molar-refractivity contribution in [3.05, 3.63) is 47.6 Å². The normalized spacial score (nSPS) is 10.7. The summed E-state index contributed by atoms with van der Waals surface area (Å²) < 4.78 is 0. The number of hydrogen-bond donors (Lipinski definition) is 1. The Labute approximate surface area is 113 Å². The zero-order valence-electron chi connectivity index (χ0n) is 9.43. The number of alkyl halides is 1. The summed E-state index contributed by atoms with van der Waals surface area (Å²) in [6, 6.07) is 10.0. The molecular formula is C13H10ClN3S. The van der Waals surface area contributed by atoms with Gasteiger partial charge in [-0.25, -0.2) is 9.97 Å². The van der Waals surface area contributed by atoms with E-state index < -0.39 is 0 Å². The van der Waals surface area contributed by atoms with E-state index in [1.54, 1.807) is 17.7 Å². The molecule has 2 aromatic heterocycles. The molecule has 90 valence electrons. The van der Waals surface area contributed by atoms with Crippen LogP contribution in [0.5, 0.6) is 0 Å². The van der Waals surface area contributed by atoms with Gasteiger partial charge in [-0.2, -0.15) is 0 Å². The number of aromatic nitrogens is 2. The van der Waals surface area contributed by atoms with Gasteiger partial charge in [-0.3, -0.25) is 0 Å². The monoisotopic (exact) mass is 275 g/mol. The highest BCUT2D eigenvalue weighted by Crippen LogP contribution is 2.26. The minimum atomic E-state index is 0.507. The van der Waals surface area contributed by atoms with Gasteiger partial charge in [0.15, 0.2) is 0 Å². The van der Waals surface area contributed by atoms with Crippen molar-refractivity contribution in [2.24, 2.45) is 0 Å². The number of benzene rings is 1. The van der Waals surface area contributed by atoms with E-state index in [0.29, 0.717) is 5.88 Å². The van der Waals surface area contributed by atoms with Crippen LogP contribution in [0.1, 0.15) is 5.56 Å². The lowest BCUT2D eigenvalue weighted by Gasteiger charge is -2.07. The lowest BCUT2D eigenvalue weighted by Crippen LogP contribution is -1.95. The summed E-state index contributed by atoms with van der Waals surface area (Å²) in [6.45, 7) is 0. The Kier molecular flexibility index (Phi) is 3.13. The summed E-state index contributed by atoms with van der Waals surface area (Å²) in [4.78, 5) is 9.49. The molecule has 2 heterocycles. The van der Waals surface area contributed by atoms with Crippen LogP contribution >= 0.6 is 22.9 Å². The Balaban J connectivity index is 1.98. The number of thiophene rings is 1. The zero-order valence-corrected chi connectivity index (χ0v) is 11.0. The second-order valence-corrected chi connectivity index (χ2v) is 4.98. The van der Waals surface area contributed by atoms with Gasteiger partial charge < -0.3 is 5.32 Å². The maximum absolute atomic E-state index is 5.83. The molecule has 18 heavy (non-hydrogen) atoms. The minimum Gasteiger partial charge on any atom is -0.340 e. The van der Waals surface area contributed by atoms with Crippen LogP contribution in [0.15, 0.2) is 42.0 Å². The molecule has 0 spiro atoms. The smallest absolute Gasteiger partial charge is 0.142 e. The van der Waals surface area contributed by atoms with Crippen LogP contribution in [0.25, 0.3) is 10.2 Å². The topological polar surface area (TPSA) is 37.8 Å². The van der Waals surface area contributed by atoms with E-state index in [-0.39, 0.29) is 0 Å². The van der Waals surface area contributed by atoms with Gasteiger partial charge in [0, 0.05) is 11.6 Å². The second kappa shape index (κ2) is 4.92. The van der Waals surface area contributed by atoms with Gasteiger partial charge in [-0.05, 0) is 29.1 Å². The van der Waals surface area contributed by atoms with Crippen molar-refractivity contribution in [3.8, 4) is 0 Å². The molecule has 3 rings (SSSR count). The summed E-state index contributed by atoms with van der Waals surface area (Å²) >= 11 is 7.44. The van der Waals surface area contributed by atoms with Crippen molar-refractivity contribution in [2.45, 2.75) is 5.88 Å². The van der Waals surface area contributed by atoms with E-state index in [4.69, 9.17) is 11.6 Å². The average molecular weight is 276 g/mol. The van der Waals surface area contributed by atoms with Gasteiger partial charge in [-0.15, -0.1) is 22.9 Å². The van der Waals surface area contributed by atoms with Gasteiger partial charge in [0.25, 0.3) is 0 Å². The third-order valence-corrected chi connectivity index (χ3v) is 3.74. The maximum Gasteiger partial charge on any atom is 0.142 e. The number of halogens is 1. The van der Waals surface area contributed by atoms with Crippen molar-refractivity contribution in [1.29, 1.82) is 0 Å². The molecule has 0 amide bonds. The minimum absolute atomic E-state index is 0.507. The first kappa shape index (κ1) is 11.4. The van der Waals surface area contributed by atoms with Crippen LogP contribution in [0.3, 0.4) is 0 Å². The van der Waals surface area contributed by atoms with E-state index >= 15 is 0 Å². The number of rotatable bonds is 3. The first-order chi connectivity index (χ1) is 8.86. The highest BCUT2D eigenvalue weighted by Gasteiger charge is 2.04. The van der Waals surface area contributed by atoms with Gasteiger partial charge >= 0.3 is 0 Å². The molecule has 1 N–H and O–H groups in total. The van der Waals surface area contributed by atoms with Crippen molar-refractivity contribution in [1.82, 2.24) is 9.97 Å². The van der Waals surface area contributed by atoms with Crippen molar-refractivity contribution in [3.63, 3.8) is 0 Å². The standard InChI is InChI=1S/C13H10ClN3S/c14-7-9-2-1-3-10(6-9)17-12-11-4-5-18-13(11)16-8-15-12/h1-6,8H,7H2,(H,15,16,17). The van der Waals surface area contributed by atoms with Crippen LogP contribution in [0.4, 0.5) is 11.5 Å². The molecule has 0 atom stereocenters. The molecule has 0 saturated heterocycles. The molecule has 1 aromatic carbocycles. The molecule has 0 aliphatic rings. The molecule has 0 radical (unpaired) electrons. The number of fused-ring (bicyclic) bond motifs is 1. The molecule has 0 bridgehead atoms. The zero-order chi connectivity index (χ0) is 12.4. The van der Waals surface area contributed by atoms with Gasteiger partial charge in [-0.1, -0.05) is 12.1 Å². The second-order valence-electron chi connectivity index (χ2n) is 3.82. The Morgan fingerprint density at radius 3 is 3.06 bits per heavy atom. The van der Waals surface area contributed by atoms with Gasteiger partial charge in [0.1, 0.15) is 17.0 Å². The molecule has 0 saturated carbocycles. The van der Waals surface area contributed by atoms with E-state index in [1.165, 1.54) is 0 Å². The first-order valence-electron chi connectivity index (χ1n) is 5.47. The summed E-state index contributed by atoms with van der Waals surface area (Å²) in [5.41, 5.74) is 2.07. The molecule has 0 aliphatic carbocycles. The predicted octanol–water partition coefficient (Wildman–Crippen LogP) is 4.17. The van der Waals surface area contributed by atoms with Crippen LogP contribution in [0.2, 0.25) is 0 Å². The SMILES string of the molecule is ClCc1cccc(Nc2ncnc3sccc23)c1. The highest BCUT2D eigenvalue weighted by molar-refractivity contribution is 7.16. The molecule has 0 fully saturated rings. The fourth-order valence-electron chi connectivity index (χ4n) is 1.76. The molecule has 0 aliphatic heterocycles. The molecule has 3 nitrogen and oxygen atoms in total. The van der Waals surface area contributed by atoms with Gasteiger partial charge in [0.2, 0.25) is 0 Å². The van der Waals surface area contributed by atoms with E-state index in [2.05, 4.69) is 15.3 Å². The van der Waals surface area contributed by atoms with Crippen molar-refractivity contribution in [2.75, 3.05) is 5.32 Å². The van der Waals surface area contributed by atoms with Crippen LogP contribution in [-0.4, -0.2) is 9.97 Å². The molecular weight excluding hydrogens is 266 g/mol. The van der Waals surface area contributed by atoms with Crippen molar-refractivity contribution >= 4 is 44.7 Å². The van der Waals surface area contributed by atoms with Crippen LogP contribution in [-0.2, 0) is 5.88 Å². The van der Waals surface area contributed by atoms with E-state index in [9.17, 15) is 0 Å². The lowest BCUT2D eigenvalue weighted by atomic mass is 10.2. The largest absolute Gasteiger partial charge is 0.340 e. The Morgan fingerprint density at radius 1 is 1.22 bits per heavy atom. The number of hydrogen-bond acceptors (Lipinski definition) is 4. The Morgan fingerprint density at radius 2 is 2.17 bits per heavy atom. The summed E-state index contributed by atoms with van der Waals surface area (Å²) in [7, 11) is 0. The predicted molar refractivity (Wildman–Crippen MR) is 76.7 cm³/mol. The van der Waals surface area contributed by atoms with Crippen LogP contribution < -0.4 is 5.32 Å². The molecule has 5 heteroatoms. The summed E-state index contributed by atoms with van der Waals surface area (Å²) in [5.74, 6) is 1.33. The Hall–Kier alpha value is -1.65.